The Morgan fingerprint density at radius 2 is 2.25 bits per heavy atom. The van der Waals surface area contributed by atoms with Crippen molar-refractivity contribution in [3.05, 3.63) is 52.3 Å². The van der Waals surface area contributed by atoms with E-state index in [2.05, 4.69) is 15.3 Å². The molecule has 2 aromatic rings. The van der Waals surface area contributed by atoms with Crippen LogP contribution in [-0.2, 0) is 0 Å². The fourth-order valence-corrected chi connectivity index (χ4v) is 1.89. The van der Waals surface area contributed by atoms with Crippen molar-refractivity contribution in [1.82, 2.24) is 14.9 Å². The van der Waals surface area contributed by atoms with Crippen LogP contribution in [0.25, 0.3) is 6.08 Å². The molecule has 0 amide bonds. The Hall–Kier alpha value is -2.48. The first-order valence-corrected chi connectivity index (χ1v) is 6.83. The Morgan fingerprint density at radius 1 is 1.45 bits per heavy atom. The monoisotopic (exact) mass is 289 g/mol. The lowest BCUT2D eigenvalue weighted by atomic mass is 10.2. The predicted octanol–water partition coefficient (Wildman–Crippen LogP) is 2.46. The van der Waals surface area contributed by atoms with Crippen LogP contribution in [0.3, 0.4) is 0 Å². The van der Waals surface area contributed by atoms with Crippen LogP contribution in [0.4, 0.5) is 5.69 Å². The van der Waals surface area contributed by atoms with Crippen molar-refractivity contribution in [3.8, 4) is 0 Å². The van der Waals surface area contributed by atoms with Gasteiger partial charge in [-0.3, -0.25) is 10.1 Å². The highest BCUT2D eigenvalue weighted by molar-refractivity contribution is 7.98. The van der Waals surface area contributed by atoms with Gasteiger partial charge in [0.15, 0.2) is 0 Å². The van der Waals surface area contributed by atoms with Crippen LogP contribution in [0.1, 0.15) is 5.56 Å². The number of nitrogens with zero attached hydrogens (tertiary/aromatic N) is 5. The molecule has 0 fully saturated rings. The van der Waals surface area contributed by atoms with E-state index >= 15 is 0 Å². The van der Waals surface area contributed by atoms with Crippen LogP contribution in [0.5, 0.6) is 0 Å². The summed E-state index contributed by atoms with van der Waals surface area (Å²) in [5, 5.41) is 23.2. The van der Waals surface area contributed by atoms with Gasteiger partial charge in [-0.15, -0.1) is 10.2 Å². The predicted molar refractivity (Wildman–Crippen MR) is 77.8 cm³/mol. The van der Waals surface area contributed by atoms with Crippen molar-refractivity contribution in [1.29, 1.82) is 0 Å². The molecule has 0 aliphatic rings. The molecule has 0 bridgehead atoms. The molecule has 2 rings (SSSR count). The Labute approximate surface area is 119 Å². The maximum Gasteiger partial charge on any atom is 0.276 e. The zero-order chi connectivity index (χ0) is 14.4. The van der Waals surface area contributed by atoms with Crippen LogP contribution in [0.15, 0.2) is 46.9 Å². The summed E-state index contributed by atoms with van der Waals surface area (Å²) in [6.07, 6.45) is 8.15. The van der Waals surface area contributed by atoms with Crippen LogP contribution in [0, 0.1) is 10.1 Å². The molecule has 0 saturated heterocycles. The molecule has 20 heavy (non-hydrogen) atoms. The standard InChI is InChI=1S/C12H11N5O2S/c1-20-12-15-13-9-16(12)14-8-4-6-10-5-2-3-7-11(10)17(18)19/h2-9H,1H3/b6-4+,14-8+. The number of aromatic nitrogens is 3. The zero-order valence-electron chi connectivity index (χ0n) is 10.6. The molecule has 1 aromatic carbocycles. The number of para-hydroxylation sites is 1. The number of rotatable bonds is 5. The van der Waals surface area contributed by atoms with E-state index in [-0.39, 0.29) is 5.69 Å². The number of thioether (sulfide) groups is 1. The van der Waals surface area contributed by atoms with Gasteiger partial charge in [-0.25, -0.2) is 0 Å². The Balaban J connectivity index is 2.13. The fourth-order valence-electron chi connectivity index (χ4n) is 1.48. The molecule has 7 nitrogen and oxygen atoms in total. The lowest BCUT2D eigenvalue weighted by Crippen LogP contribution is -1.91. The highest BCUT2D eigenvalue weighted by Gasteiger charge is 2.08. The molecule has 0 aliphatic heterocycles. The molecule has 0 atom stereocenters. The molecular formula is C12H11N5O2S. The van der Waals surface area contributed by atoms with Gasteiger partial charge in [0.1, 0.15) is 6.33 Å². The highest BCUT2D eigenvalue weighted by Crippen LogP contribution is 2.18. The van der Waals surface area contributed by atoms with Crippen LogP contribution in [0.2, 0.25) is 0 Å². The summed E-state index contributed by atoms with van der Waals surface area (Å²) < 4.78 is 1.52. The number of nitro benzene ring substituents is 1. The average molecular weight is 289 g/mol. The van der Waals surface area contributed by atoms with Gasteiger partial charge in [0.25, 0.3) is 5.69 Å². The number of nitro groups is 1. The summed E-state index contributed by atoms with van der Waals surface area (Å²) in [7, 11) is 0. The zero-order valence-corrected chi connectivity index (χ0v) is 11.4. The van der Waals surface area contributed by atoms with E-state index < -0.39 is 4.92 Å². The van der Waals surface area contributed by atoms with Crippen molar-refractivity contribution in [2.24, 2.45) is 5.10 Å². The van der Waals surface area contributed by atoms with Gasteiger partial charge in [-0.2, -0.15) is 9.78 Å². The lowest BCUT2D eigenvalue weighted by Gasteiger charge is -1.95. The second-order valence-electron chi connectivity index (χ2n) is 3.60. The number of allylic oxidation sites excluding steroid dienone is 1. The van der Waals surface area contributed by atoms with Crippen molar-refractivity contribution in [3.63, 3.8) is 0 Å². The molecule has 0 unspecified atom stereocenters. The summed E-state index contributed by atoms with van der Waals surface area (Å²) in [5.74, 6) is 0. The van der Waals surface area contributed by atoms with Crippen LogP contribution >= 0.6 is 11.8 Å². The largest absolute Gasteiger partial charge is 0.276 e. The van der Waals surface area contributed by atoms with Crippen molar-refractivity contribution >= 4 is 29.7 Å². The highest BCUT2D eigenvalue weighted by atomic mass is 32.2. The number of hydrogen-bond donors (Lipinski definition) is 0. The minimum Gasteiger partial charge on any atom is -0.258 e. The third-order valence-corrected chi connectivity index (χ3v) is 3.00. The summed E-state index contributed by atoms with van der Waals surface area (Å²) >= 11 is 1.43. The minimum absolute atomic E-state index is 0.0613. The first-order valence-electron chi connectivity index (χ1n) is 5.61. The van der Waals surface area contributed by atoms with Gasteiger partial charge < -0.3 is 0 Å². The van der Waals surface area contributed by atoms with E-state index in [0.29, 0.717) is 10.7 Å². The second kappa shape index (κ2) is 6.62. The topological polar surface area (TPSA) is 86.2 Å². The van der Waals surface area contributed by atoms with Crippen molar-refractivity contribution in [2.45, 2.75) is 5.16 Å². The molecule has 102 valence electrons. The molecule has 0 aliphatic carbocycles. The molecule has 0 spiro atoms. The molecule has 1 heterocycles. The Morgan fingerprint density at radius 3 is 3.00 bits per heavy atom. The number of hydrogen-bond acceptors (Lipinski definition) is 6. The average Bonchev–Trinajstić information content (AvgIpc) is 2.91. The lowest BCUT2D eigenvalue weighted by molar-refractivity contribution is -0.385. The summed E-state index contributed by atoms with van der Waals surface area (Å²) in [6.45, 7) is 0. The smallest absolute Gasteiger partial charge is 0.258 e. The van der Waals surface area contributed by atoms with E-state index in [1.54, 1.807) is 30.4 Å². The molecule has 0 N–H and O–H groups in total. The normalized spacial score (nSPS) is 11.4. The Bertz CT molecular complexity index is 665. The molecular weight excluding hydrogens is 278 g/mol. The Kier molecular flexibility index (Phi) is 4.61. The van der Waals surface area contributed by atoms with Gasteiger partial charge in [-0.05, 0) is 24.5 Å². The van der Waals surface area contributed by atoms with Crippen LogP contribution < -0.4 is 0 Å². The molecule has 1 aromatic heterocycles. The van der Waals surface area contributed by atoms with E-state index in [9.17, 15) is 10.1 Å². The van der Waals surface area contributed by atoms with E-state index in [1.807, 2.05) is 6.26 Å². The first kappa shape index (κ1) is 13.9. The summed E-state index contributed by atoms with van der Waals surface area (Å²) in [6, 6.07) is 6.51. The number of benzene rings is 1. The van der Waals surface area contributed by atoms with Gasteiger partial charge >= 0.3 is 0 Å². The first-order chi connectivity index (χ1) is 9.72. The SMILES string of the molecule is CSc1nncn1/N=C/C=C/c1ccccc1[N+](=O)[O-]. The third-order valence-electron chi connectivity index (χ3n) is 2.37. The van der Waals surface area contributed by atoms with E-state index in [1.165, 1.54) is 35.0 Å². The maximum absolute atomic E-state index is 10.8. The second-order valence-corrected chi connectivity index (χ2v) is 4.38. The fraction of sp³-hybridized carbons (Fsp3) is 0.0833. The van der Waals surface area contributed by atoms with Crippen LogP contribution in [-0.4, -0.2) is 32.3 Å². The van der Waals surface area contributed by atoms with Crippen molar-refractivity contribution < 1.29 is 4.92 Å². The van der Waals surface area contributed by atoms with Gasteiger partial charge in [0.2, 0.25) is 5.16 Å². The van der Waals surface area contributed by atoms with Crippen molar-refractivity contribution in [2.75, 3.05) is 6.26 Å². The maximum atomic E-state index is 10.8. The minimum atomic E-state index is -0.414. The van der Waals surface area contributed by atoms with Gasteiger partial charge in [-0.1, -0.05) is 23.9 Å². The van der Waals surface area contributed by atoms with E-state index in [0.717, 1.165) is 0 Å². The van der Waals surface area contributed by atoms with E-state index in [4.69, 9.17) is 0 Å². The van der Waals surface area contributed by atoms with Gasteiger partial charge in [0.05, 0.1) is 10.5 Å². The quantitative estimate of drug-likeness (QED) is 0.365. The molecule has 0 saturated carbocycles. The molecule has 0 radical (unpaired) electrons. The molecule has 8 heteroatoms. The summed E-state index contributed by atoms with van der Waals surface area (Å²) in [4.78, 5) is 10.4. The van der Waals surface area contributed by atoms with Gasteiger partial charge in [0, 0.05) is 12.3 Å². The summed E-state index contributed by atoms with van der Waals surface area (Å²) in [5.41, 5.74) is 0.587. The third kappa shape index (κ3) is 3.29.